The molecule has 6 aliphatic rings. The molecular weight excluding hydrogens is 456 g/mol. The van der Waals surface area contributed by atoms with E-state index in [0.29, 0.717) is 17.4 Å². The van der Waals surface area contributed by atoms with Gasteiger partial charge in [0.25, 0.3) is 5.79 Å². The van der Waals surface area contributed by atoms with E-state index < -0.39 is 55.7 Å². The Balaban J connectivity index is 0.00000144. The van der Waals surface area contributed by atoms with Gasteiger partial charge in [-0.25, -0.2) is 4.89 Å². The number of ether oxygens (including phenoxy) is 3. The van der Waals surface area contributed by atoms with Gasteiger partial charge in [-0.3, -0.25) is 0 Å². The second kappa shape index (κ2) is 9.54. The van der Waals surface area contributed by atoms with E-state index in [0.717, 1.165) is 25.7 Å². The Hall–Kier alpha value is -1.30. The van der Waals surface area contributed by atoms with Gasteiger partial charge in [0.1, 0.15) is 30.2 Å². The number of hydrogen-bond acceptors (Lipinski definition) is 9. The molecule has 2 aliphatic heterocycles. The predicted octanol–water partition coefficient (Wildman–Crippen LogP) is 1.85. The monoisotopic (exact) mass is 497 g/mol. The first-order valence-corrected chi connectivity index (χ1v) is 12.7. The highest BCUT2D eigenvalue weighted by atomic mass is 17.3. The summed E-state index contributed by atoms with van der Waals surface area (Å²) in [5.74, 6) is -0.0721. The molecule has 0 radical (unpaired) electrons. The summed E-state index contributed by atoms with van der Waals surface area (Å²) in [6.45, 7) is 3.42. The minimum absolute atomic E-state index is 0.0971. The Bertz CT molecular complexity index is 961. The summed E-state index contributed by atoms with van der Waals surface area (Å²) in [5.41, 5.74) is -0.532. The van der Waals surface area contributed by atoms with Crippen molar-refractivity contribution in [2.75, 3.05) is 13.6 Å². The maximum absolute atomic E-state index is 10.4. The van der Waals surface area contributed by atoms with Crippen LogP contribution in [0.15, 0.2) is 24.3 Å². The molecule has 4 bridgehead atoms. The molecule has 4 saturated carbocycles. The van der Waals surface area contributed by atoms with Crippen LogP contribution in [0.3, 0.4) is 0 Å². The van der Waals surface area contributed by atoms with Gasteiger partial charge in [0, 0.05) is 12.6 Å². The summed E-state index contributed by atoms with van der Waals surface area (Å²) in [6.07, 6.45) is -2.25. The van der Waals surface area contributed by atoms with Gasteiger partial charge in [-0.2, -0.15) is 4.89 Å². The summed E-state index contributed by atoms with van der Waals surface area (Å²) in [7, 11) is -2.76. The summed E-state index contributed by atoms with van der Waals surface area (Å²) in [6, 6.07) is 6.48. The second-order valence-electron chi connectivity index (χ2n) is 10.3. The lowest BCUT2D eigenvalue weighted by atomic mass is 9.47. The summed E-state index contributed by atoms with van der Waals surface area (Å²) < 4.78 is 40.8. The highest BCUT2D eigenvalue weighted by Gasteiger charge is 2.76. The van der Waals surface area contributed by atoms with Crippen LogP contribution in [0.25, 0.3) is 0 Å². The summed E-state index contributed by atoms with van der Waals surface area (Å²) >= 11 is 0. The molecule has 5 unspecified atom stereocenters. The topological polar surface area (TPSA) is 127 Å². The van der Waals surface area contributed by atoms with Gasteiger partial charge in [-0.15, -0.1) is 0 Å². The second-order valence-corrected chi connectivity index (χ2v) is 10.3. The van der Waals surface area contributed by atoms with Gasteiger partial charge in [0.05, 0.1) is 10.7 Å². The first kappa shape index (κ1) is 21.8. The van der Waals surface area contributed by atoms with Gasteiger partial charge in [0.2, 0.25) is 6.29 Å². The highest BCUT2D eigenvalue weighted by molar-refractivity contribution is 5.36. The molecule has 7 rings (SSSR count). The fourth-order valence-electron chi connectivity index (χ4n) is 7.27. The van der Waals surface area contributed by atoms with Gasteiger partial charge < -0.3 is 34.6 Å². The Morgan fingerprint density at radius 3 is 2.23 bits per heavy atom. The van der Waals surface area contributed by atoms with Crippen LogP contribution in [0, 0.1) is 23.7 Å². The number of methoxy groups -OCH3 is 1. The SMILES string of the molecule is CC.[2H]C([2H])([2H])OC1(c2cccc(O[C@@H]3OC(CO)C(O)C(O)C3O)c2)OOC12C1CC3CC(C1)CC2C3. The van der Waals surface area contributed by atoms with Crippen molar-refractivity contribution in [3.63, 3.8) is 0 Å². The molecule has 1 aromatic carbocycles. The molecule has 0 amide bonds. The van der Waals surface area contributed by atoms with Crippen molar-refractivity contribution in [2.24, 2.45) is 23.7 Å². The molecule has 6 fully saturated rings. The molecule has 2 heterocycles. The van der Waals surface area contributed by atoms with Gasteiger partial charge in [-0.05, 0) is 67.9 Å². The van der Waals surface area contributed by atoms with Crippen LogP contribution in [0.2, 0.25) is 0 Å². The number of rotatable bonds is 5. The molecule has 9 heteroatoms. The van der Waals surface area contributed by atoms with Gasteiger partial charge >= 0.3 is 0 Å². The van der Waals surface area contributed by atoms with E-state index in [2.05, 4.69) is 0 Å². The first-order valence-electron chi connectivity index (χ1n) is 14.2. The Morgan fingerprint density at radius 2 is 1.66 bits per heavy atom. The van der Waals surface area contributed by atoms with Gasteiger partial charge in [-0.1, -0.05) is 26.0 Å². The van der Waals surface area contributed by atoms with Crippen molar-refractivity contribution in [2.45, 2.75) is 88.0 Å². The lowest BCUT2D eigenvalue weighted by molar-refractivity contribution is -0.645. The van der Waals surface area contributed by atoms with Crippen molar-refractivity contribution in [1.29, 1.82) is 0 Å². The zero-order chi connectivity index (χ0) is 27.5. The van der Waals surface area contributed by atoms with Gasteiger partial charge in [0.15, 0.2) is 5.60 Å². The quantitative estimate of drug-likeness (QED) is 0.451. The molecule has 6 atom stereocenters. The van der Waals surface area contributed by atoms with Crippen LogP contribution in [-0.2, 0) is 25.0 Å². The predicted molar refractivity (Wildman–Crippen MR) is 123 cm³/mol. The van der Waals surface area contributed by atoms with Crippen LogP contribution >= 0.6 is 0 Å². The normalized spacial score (nSPS) is 49.3. The molecule has 1 spiro atoms. The molecule has 196 valence electrons. The zero-order valence-electron chi connectivity index (χ0n) is 23.1. The van der Waals surface area contributed by atoms with Crippen molar-refractivity contribution in [1.82, 2.24) is 0 Å². The van der Waals surface area contributed by atoms with Crippen molar-refractivity contribution >= 4 is 0 Å². The zero-order valence-corrected chi connectivity index (χ0v) is 20.1. The summed E-state index contributed by atoms with van der Waals surface area (Å²) in [5, 5.41) is 40.0. The van der Waals surface area contributed by atoms with E-state index in [4.69, 9.17) is 28.1 Å². The van der Waals surface area contributed by atoms with E-state index in [9.17, 15) is 20.4 Å². The van der Waals surface area contributed by atoms with Crippen LogP contribution in [0.5, 0.6) is 5.75 Å². The van der Waals surface area contributed by atoms with Crippen LogP contribution in [-0.4, -0.2) is 70.4 Å². The number of aliphatic hydroxyl groups is 4. The van der Waals surface area contributed by atoms with E-state index in [1.165, 1.54) is 6.42 Å². The smallest absolute Gasteiger partial charge is 0.260 e. The molecule has 35 heavy (non-hydrogen) atoms. The average Bonchev–Trinajstić information content (AvgIpc) is 2.87. The maximum atomic E-state index is 10.4. The van der Waals surface area contributed by atoms with Crippen LogP contribution < -0.4 is 4.74 Å². The molecule has 4 N–H and O–H groups in total. The number of aliphatic hydroxyl groups excluding tert-OH is 4. The third-order valence-electron chi connectivity index (χ3n) is 8.62. The molecule has 2 saturated heterocycles. The fourth-order valence-corrected chi connectivity index (χ4v) is 7.27. The van der Waals surface area contributed by atoms with Crippen LogP contribution in [0.4, 0.5) is 0 Å². The van der Waals surface area contributed by atoms with Crippen LogP contribution in [0.1, 0.15) is 55.6 Å². The lowest BCUT2D eigenvalue weighted by Crippen LogP contribution is -2.76. The van der Waals surface area contributed by atoms with Crippen molar-refractivity contribution < 1.29 is 48.5 Å². The average molecular weight is 498 g/mol. The first-order chi connectivity index (χ1) is 18.1. The van der Waals surface area contributed by atoms with Crippen molar-refractivity contribution in [3.05, 3.63) is 29.8 Å². The molecule has 0 aromatic heterocycles. The minimum atomic E-state index is -2.76. The fraction of sp³-hybridized carbons (Fsp3) is 0.769. The molecular formula is C26H38O9. The summed E-state index contributed by atoms with van der Waals surface area (Å²) in [4.78, 5) is 11.6. The lowest BCUT2D eigenvalue weighted by Gasteiger charge is -2.68. The third-order valence-corrected chi connectivity index (χ3v) is 8.62. The highest BCUT2D eigenvalue weighted by Crippen LogP contribution is 2.69. The van der Waals surface area contributed by atoms with E-state index in [1.54, 1.807) is 24.3 Å². The minimum Gasteiger partial charge on any atom is -0.462 e. The Labute approximate surface area is 210 Å². The van der Waals surface area contributed by atoms with E-state index in [1.807, 2.05) is 13.8 Å². The third kappa shape index (κ3) is 3.67. The maximum Gasteiger partial charge on any atom is 0.260 e. The molecule has 4 aliphatic carbocycles. The van der Waals surface area contributed by atoms with E-state index >= 15 is 0 Å². The number of hydrogen-bond donors (Lipinski definition) is 4. The number of benzene rings is 1. The Morgan fingerprint density at radius 1 is 0.971 bits per heavy atom. The molecule has 1 aromatic rings. The van der Waals surface area contributed by atoms with Crippen molar-refractivity contribution in [3.8, 4) is 5.75 Å². The Kier molecular flexibility index (Phi) is 5.93. The van der Waals surface area contributed by atoms with E-state index in [-0.39, 0.29) is 17.6 Å². The molecule has 9 nitrogen and oxygen atoms in total. The standard InChI is InChI=1S/C24H32O9.C2H6/c1-29-24(23(32-33-24)15-6-12-5-13(8-15)9-16(23)7-12)14-3-2-4-17(10-14)30-22-21(28)20(27)19(26)18(11-25)31-22;1-2/h2-4,10,12-13,15-16,18-22,25-28H,5-9,11H2,1H3;1-2H3/t12?,13?,15?,16?,18?,19?,20?,21?,22-,23?,24?;/m1./s1/i1D3;. The largest absolute Gasteiger partial charge is 0.462 e.